The minimum absolute atomic E-state index is 0.0523. The number of thiocarbonyl (C=S) groups is 1. The summed E-state index contributed by atoms with van der Waals surface area (Å²) in [6, 6.07) is 12.9. The number of hydrogen-bond donors (Lipinski definition) is 2. The summed E-state index contributed by atoms with van der Waals surface area (Å²) in [4.78, 5) is 0. The molecule has 1 aliphatic carbocycles. The second-order valence-corrected chi connectivity index (χ2v) is 6.61. The molecule has 0 amide bonds. The summed E-state index contributed by atoms with van der Waals surface area (Å²) >= 11 is 5.36. The maximum absolute atomic E-state index is 13.2. The van der Waals surface area contributed by atoms with E-state index in [1.165, 1.54) is 29.8 Å². The normalized spacial score (nSPS) is 21.1. The molecule has 0 spiro atoms. The van der Waals surface area contributed by atoms with Crippen LogP contribution in [0.25, 0.3) is 6.08 Å². The van der Waals surface area contributed by atoms with Gasteiger partial charge in [-0.15, -0.1) is 0 Å². The Morgan fingerprint density at radius 1 is 0.920 bits per heavy atom. The van der Waals surface area contributed by atoms with Crippen LogP contribution in [-0.2, 0) is 0 Å². The van der Waals surface area contributed by atoms with Crippen molar-refractivity contribution in [2.45, 2.75) is 18.9 Å². The Balaban J connectivity index is 1.71. The lowest BCUT2D eigenvalue weighted by Gasteiger charge is -2.29. The summed E-state index contributed by atoms with van der Waals surface area (Å²) in [6.45, 7) is 0. The van der Waals surface area contributed by atoms with E-state index in [2.05, 4.69) is 16.7 Å². The lowest BCUT2D eigenvalue weighted by molar-refractivity contribution is 0.623. The summed E-state index contributed by atoms with van der Waals surface area (Å²) in [5.41, 5.74) is 5.34. The van der Waals surface area contributed by atoms with Gasteiger partial charge in [-0.05, 0) is 77.7 Å². The van der Waals surface area contributed by atoms with Crippen LogP contribution in [-0.4, -0.2) is 5.11 Å². The third-order valence-corrected chi connectivity index (χ3v) is 4.80. The Hall–Kier alpha value is -2.53. The Bertz CT molecular complexity index is 883. The van der Waals surface area contributed by atoms with Crippen LogP contribution in [0.3, 0.4) is 0 Å². The molecular formula is C20H16F2N2S. The van der Waals surface area contributed by atoms with Crippen molar-refractivity contribution in [2.24, 2.45) is 0 Å². The van der Waals surface area contributed by atoms with Gasteiger partial charge in [0.15, 0.2) is 5.11 Å². The lowest BCUT2D eigenvalue weighted by Crippen LogP contribution is -2.42. The molecule has 0 saturated carbocycles. The molecule has 0 aromatic heterocycles. The molecular weight excluding hydrogens is 338 g/mol. The number of hydrogen-bond acceptors (Lipinski definition) is 1. The van der Waals surface area contributed by atoms with Crippen LogP contribution >= 0.6 is 12.2 Å². The first kappa shape index (κ1) is 16.0. The monoisotopic (exact) mass is 354 g/mol. The Morgan fingerprint density at radius 3 is 2.24 bits per heavy atom. The fourth-order valence-corrected chi connectivity index (χ4v) is 3.61. The van der Waals surface area contributed by atoms with Crippen molar-refractivity contribution in [2.75, 3.05) is 0 Å². The molecule has 5 heteroatoms. The maximum atomic E-state index is 13.2. The van der Waals surface area contributed by atoms with Gasteiger partial charge >= 0.3 is 0 Å². The molecule has 1 unspecified atom stereocenters. The fourth-order valence-electron chi connectivity index (χ4n) is 3.39. The van der Waals surface area contributed by atoms with Crippen molar-refractivity contribution in [3.05, 3.63) is 88.1 Å². The highest BCUT2D eigenvalue weighted by Gasteiger charge is 2.31. The molecule has 0 radical (unpaired) electrons. The van der Waals surface area contributed by atoms with E-state index in [0.717, 1.165) is 35.2 Å². The molecule has 1 heterocycles. The largest absolute Gasteiger partial charge is 0.352 e. The third-order valence-electron chi connectivity index (χ3n) is 4.58. The second-order valence-electron chi connectivity index (χ2n) is 6.20. The van der Waals surface area contributed by atoms with Crippen molar-refractivity contribution in [1.29, 1.82) is 0 Å². The molecule has 1 atom stereocenters. The number of halogens is 2. The quantitative estimate of drug-likeness (QED) is 0.770. The van der Waals surface area contributed by atoms with Gasteiger partial charge in [-0.25, -0.2) is 8.78 Å². The highest BCUT2D eigenvalue weighted by Crippen LogP contribution is 2.40. The van der Waals surface area contributed by atoms with Crippen molar-refractivity contribution in [1.82, 2.24) is 10.6 Å². The zero-order chi connectivity index (χ0) is 17.4. The Kier molecular flexibility index (Phi) is 4.09. The standard InChI is InChI=1S/C20H16F2N2S/c21-15-6-1-12(2-7-15)11-14-5-10-17-18(23-20(25)24-19(14)17)13-3-8-16(22)9-4-13/h1-4,6-9,11,18H,5,10H2,(H2,23,24,25)/b14-11+. The van der Waals surface area contributed by atoms with E-state index in [-0.39, 0.29) is 17.7 Å². The van der Waals surface area contributed by atoms with Gasteiger partial charge in [-0.3, -0.25) is 0 Å². The first-order chi connectivity index (χ1) is 12.1. The molecule has 1 aliphatic heterocycles. The minimum atomic E-state index is -0.252. The van der Waals surface area contributed by atoms with Gasteiger partial charge in [0, 0.05) is 5.70 Å². The smallest absolute Gasteiger partial charge is 0.171 e. The van der Waals surface area contributed by atoms with Gasteiger partial charge in [0.2, 0.25) is 0 Å². The van der Waals surface area contributed by atoms with Gasteiger partial charge in [-0.2, -0.15) is 0 Å². The zero-order valence-electron chi connectivity index (χ0n) is 13.4. The number of benzene rings is 2. The topological polar surface area (TPSA) is 24.1 Å². The van der Waals surface area contributed by atoms with Gasteiger partial charge in [0.1, 0.15) is 11.6 Å². The van der Waals surface area contributed by atoms with E-state index in [4.69, 9.17) is 12.2 Å². The molecule has 2 nitrogen and oxygen atoms in total. The third kappa shape index (κ3) is 3.20. The van der Waals surface area contributed by atoms with Gasteiger partial charge in [0.25, 0.3) is 0 Å². The summed E-state index contributed by atoms with van der Waals surface area (Å²) < 4.78 is 26.3. The highest BCUT2D eigenvalue weighted by molar-refractivity contribution is 7.80. The van der Waals surface area contributed by atoms with E-state index in [1.807, 2.05) is 0 Å². The SMILES string of the molecule is Fc1ccc(/C=C2\CCC3=C2NC(=S)NC3c2ccc(F)cc2)cc1. The average molecular weight is 354 g/mol. The number of rotatable bonds is 2. The molecule has 25 heavy (non-hydrogen) atoms. The van der Waals surface area contributed by atoms with E-state index >= 15 is 0 Å². The van der Waals surface area contributed by atoms with Gasteiger partial charge < -0.3 is 10.6 Å². The molecule has 4 rings (SSSR count). The predicted octanol–water partition coefficient (Wildman–Crippen LogP) is 4.62. The molecule has 0 bridgehead atoms. The average Bonchev–Trinajstić information content (AvgIpc) is 3.00. The first-order valence-corrected chi connectivity index (χ1v) is 8.53. The van der Waals surface area contributed by atoms with Crippen LogP contribution in [0.5, 0.6) is 0 Å². The van der Waals surface area contributed by atoms with Crippen molar-refractivity contribution >= 4 is 23.4 Å². The molecule has 2 aromatic rings. The van der Waals surface area contributed by atoms with Gasteiger partial charge in [-0.1, -0.05) is 24.3 Å². The van der Waals surface area contributed by atoms with Crippen LogP contribution < -0.4 is 10.6 Å². The predicted molar refractivity (Wildman–Crippen MR) is 98.6 cm³/mol. The molecule has 2 N–H and O–H groups in total. The summed E-state index contributed by atoms with van der Waals surface area (Å²) in [5, 5.41) is 7.09. The van der Waals surface area contributed by atoms with Crippen LogP contribution in [0, 0.1) is 11.6 Å². The number of nitrogens with one attached hydrogen (secondary N) is 2. The summed E-state index contributed by atoms with van der Waals surface area (Å²) in [5.74, 6) is -0.496. The van der Waals surface area contributed by atoms with Crippen molar-refractivity contribution in [3.8, 4) is 0 Å². The molecule has 0 saturated heterocycles. The molecule has 2 aromatic carbocycles. The molecule has 2 aliphatic rings. The highest BCUT2D eigenvalue weighted by atomic mass is 32.1. The maximum Gasteiger partial charge on any atom is 0.171 e. The van der Waals surface area contributed by atoms with Crippen LogP contribution in [0.1, 0.15) is 30.0 Å². The van der Waals surface area contributed by atoms with E-state index < -0.39 is 0 Å². The van der Waals surface area contributed by atoms with E-state index in [1.54, 1.807) is 24.3 Å². The van der Waals surface area contributed by atoms with Crippen LogP contribution in [0.4, 0.5) is 8.78 Å². The van der Waals surface area contributed by atoms with Crippen molar-refractivity contribution in [3.63, 3.8) is 0 Å². The summed E-state index contributed by atoms with van der Waals surface area (Å²) in [6.07, 6.45) is 3.84. The van der Waals surface area contributed by atoms with Crippen LogP contribution in [0.15, 0.2) is 65.4 Å². The molecule has 0 fully saturated rings. The first-order valence-electron chi connectivity index (χ1n) is 8.13. The lowest BCUT2D eigenvalue weighted by atomic mass is 9.96. The fraction of sp³-hybridized carbons (Fsp3) is 0.150. The van der Waals surface area contributed by atoms with Gasteiger partial charge in [0.05, 0.1) is 6.04 Å². The number of allylic oxidation sites excluding steroid dienone is 1. The van der Waals surface area contributed by atoms with E-state index in [0.29, 0.717) is 5.11 Å². The molecule has 126 valence electrons. The van der Waals surface area contributed by atoms with Crippen LogP contribution in [0.2, 0.25) is 0 Å². The summed E-state index contributed by atoms with van der Waals surface area (Å²) in [7, 11) is 0. The Morgan fingerprint density at radius 2 is 1.56 bits per heavy atom. The second kappa shape index (κ2) is 6.41. The minimum Gasteiger partial charge on any atom is -0.352 e. The van der Waals surface area contributed by atoms with E-state index in [9.17, 15) is 8.78 Å². The van der Waals surface area contributed by atoms with Crippen molar-refractivity contribution < 1.29 is 8.78 Å². The Labute approximate surface area is 150 Å². The zero-order valence-corrected chi connectivity index (χ0v) is 14.2.